The number of rotatable bonds is 3. The van der Waals surface area contributed by atoms with Gasteiger partial charge in [0.05, 0.1) is 10.6 Å². The Bertz CT molecular complexity index is 1280. The van der Waals surface area contributed by atoms with E-state index in [4.69, 9.17) is 9.47 Å². The average molecular weight is 470 g/mol. The van der Waals surface area contributed by atoms with Crippen LogP contribution in [-0.2, 0) is 27.7 Å². The fourth-order valence-corrected chi connectivity index (χ4v) is 6.59. The SMILES string of the molecule is O=C(c1ccc2c(c1)OCO2)N1CCN(S(=O)(=O)c2cc3c4c(c2)CCN4C(=O)CC3)CC1. The van der Waals surface area contributed by atoms with Gasteiger partial charge in [-0.3, -0.25) is 9.59 Å². The Morgan fingerprint density at radius 2 is 1.58 bits per heavy atom. The van der Waals surface area contributed by atoms with Crippen LogP contribution in [0.1, 0.15) is 27.9 Å². The van der Waals surface area contributed by atoms with Crippen molar-refractivity contribution in [3.8, 4) is 11.5 Å². The van der Waals surface area contributed by atoms with E-state index in [-0.39, 0.29) is 36.6 Å². The second-order valence-corrected chi connectivity index (χ2v) is 10.6. The van der Waals surface area contributed by atoms with E-state index in [1.807, 2.05) is 0 Å². The quantitative estimate of drug-likeness (QED) is 0.674. The first-order chi connectivity index (χ1) is 15.9. The molecule has 0 unspecified atom stereocenters. The van der Waals surface area contributed by atoms with E-state index in [1.54, 1.807) is 40.1 Å². The molecule has 0 N–H and O–H groups in total. The van der Waals surface area contributed by atoms with Crippen LogP contribution in [0.15, 0.2) is 35.2 Å². The summed E-state index contributed by atoms with van der Waals surface area (Å²) < 4.78 is 38.9. The van der Waals surface area contributed by atoms with Gasteiger partial charge in [0.2, 0.25) is 22.7 Å². The number of carbonyl (C=O) groups is 2. The van der Waals surface area contributed by atoms with E-state index >= 15 is 0 Å². The van der Waals surface area contributed by atoms with Gasteiger partial charge in [0.1, 0.15) is 0 Å². The molecule has 0 bridgehead atoms. The van der Waals surface area contributed by atoms with Crippen LogP contribution >= 0.6 is 0 Å². The summed E-state index contributed by atoms with van der Waals surface area (Å²) in [5, 5.41) is 0. The second-order valence-electron chi connectivity index (χ2n) is 8.65. The molecule has 4 aliphatic rings. The Balaban J connectivity index is 1.19. The summed E-state index contributed by atoms with van der Waals surface area (Å²) in [4.78, 5) is 28.8. The number of benzene rings is 2. The molecule has 0 aromatic heterocycles. The number of ether oxygens (including phenoxy) is 2. The maximum Gasteiger partial charge on any atom is 0.254 e. The van der Waals surface area contributed by atoms with Crippen LogP contribution in [0.5, 0.6) is 11.5 Å². The van der Waals surface area contributed by atoms with Crippen molar-refractivity contribution in [1.29, 1.82) is 0 Å². The highest BCUT2D eigenvalue weighted by Crippen LogP contribution is 2.39. The van der Waals surface area contributed by atoms with Crippen molar-refractivity contribution in [3.05, 3.63) is 47.0 Å². The standard InChI is InChI=1S/C23H23N3O6S/c27-21-4-2-15-11-18(12-16-5-6-26(21)22(15)16)33(29,30)25-9-7-24(8-10-25)23(28)17-1-3-19-20(13-17)32-14-31-19/h1,3,11-13H,2,4-10,14H2. The van der Waals surface area contributed by atoms with Gasteiger partial charge in [-0.25, -0.2) is 8.42 Å². The number of amides is 2. The largest absolute Gasteiger partial charge is 0.454 e. The number of anilines is 1. The minimum absolute atomic E-state index is 0.111. The molecular weight excluding hydrogens is 446 g/mol. The van der Waals surface area contributed by atoms with Crippen LogP contribution in [-0.4, -0.2) is 69.0 Å². The molecule has 4 aliphatic heterocycles. The van der Waals surface area contributed by atoms with Crippen LogP contribution in [0, 0.1) is 0 Å². The third kappa shape index (κ3) is 3.27. The van der Waals surface area contributed by atoms with E-state index in [0.717, 1.165) is 16.8 Å². The molecule has 2 aromatic carbocycles. The molecule has 0 spiro atoms. The van der Waals surface area contributed by atoms with Gasteiger partial charge in [0.15, 0.2) is 11.5 Å². The lowest BCUT2D eigenvalue weighted by molar-refractivity contribution is -0.118. The summed E-state index contributed by atoms with van der Waals surface area (Å²) in [6.45, 7) is 1.85. The van der Waals surface area contributed by atoms with E-state index in [1.165, 1.54) is 4.31 Å². The highest BCUT2D eigenvalue weighted by molar-refractivity contribution is 7.89. The maximum absolute atomic E-state index is 13.4. The van der Waals surface area contributed by atoms with Crippen molar-refractivity contribution in [2.24, 2.45) is 0 Å². The van der Waals surface area contributed by atoms with Crippen molar-refractivity contribution in [2.45, 2.75) is 24.2 Å². The summed E-state index contributed by atoms with van der Waals surface area (Å²) in [6, 6.07) is 8.52. The number of carbonyl (C=O) groups excluding carboxylic acids is 2. The molecular formula is C23H23N3O6S. The molecule has 172 valence electrons. The Hall–Kier alpha value is -3.11. The Labute approximate surface area is 191 Å². The fourth-order valence-electron chi connectivity index (χ4n) is 5.07. The molecule has 2 aromatic rings. The average Bonchev–Trinajstić information content (AvgIpc) is 3.48. The molecule has 10 heteroatoms. The zero-order valence-electron chi connectivity index (χ0n) is 18.0. The van der Waals surface area contributed by atoms with Crippen LogP contribution in [0.3, 0.4) is 0 Å². The molecule has 0 aliphatic carbocycles. The minimum Gasteiger partial charge on any atom is -0.454 e. The molecule has 6 rings (SSSR count). The van der Waals surface area contributed by atoms with Crippen LogP contribution in [0.2, 0.25) is 0 Å². The third-order valence-corrected chi connectivity index (χ3v) is 8.68. The molecule has 9 nitrogen and oxygen atoms in total. The molecule has 33 heavy (non-hydrogen) atoms. The molecule has 1 saturated heterocycles. The first-order valence-corrected chi connectivity index (χ1v) is 12.5. The van der Waals surface area contributed by atoms with E-state index in [9.17, 15) is 18.0 Å². The first-order valence-electron chi connectivity index (χ1n) is 11.1. The first kappa shape index (κ1) is 20.5. The maximum atomic E-state index is 13.4. The van der Waals surface area contributed by atoms with Crippen LogP contribution < -0.4 is 14.4 Å². The number of piperazine rings is 1. The molecule has 0 saturated carbocycles. The summed E-state index contributed by atoms with van der Waals surface area (Å²) in [5.74, 6) is 1.11. The van der Waals surface area contributed by atoms with Crippen molar-refractivity contribution in [2.75, 3.05) is 44.4 Å². The monoisotopic (exact) mass is 469 g/mol. The van der Waals surface area contributed by atoms with Gasteiger partial charge in [0.25, 0.3) is 5.91 Å². The number of sulfonamides is 1. The van der Waals surface area contributed by atoms with Crippen molar-refractivity contribution >= 4 is 27.5 Å². The Kier molecular flexibility index (Phi) is 4.63. The van der Waals surface area contributed by atoms with Crippen LogP contribution in [0.25, 0.3) is 0 Å². The molecule has 2 amide bonds. The topological polar surface area (TPSA) is 96.5 Å². The van der Waals surface area contributed by atoms with Gasteiger partial charge < -0.3 is 19.3 Å². The highest BCUT2D eigenvalue weighted by Gasteiger charge is 2.36. The molecule has 0 atom stereocenters. The van der Waals surface area contributed by atoms with Gasteiger partial charge in [-0.15, -0.1) is 0 Å². The molecule has 0 radical (unpaired) electrons. The predicted molar refractivity (Wildman–Crippen MR) is 118 cm³/mol. The van der Waals surface area contributed by atoms with Gasteiger partial charge in [-0.1, -0.05) is 0 Å². The fraction of sp³-hybridized carbons (Fsp3) is 0.391. The summed E-state index contributed by atoms with van der Waals surface area (Å²) in [6.07, 6.45) is 1.66. The van der Waals surface area contributed by atoms with Gasteiger partial charge in [0, 0.05) is 44.7 Å². The van der Waals surface area contributed by atoms with E-state index < -0.39 is 10.0 Å². The van der Waals surface area contributed by atoms with Crippen molar-refractivity contribution in [3.63, 3.8) is 0 Å². The zero-order valence-corrected chi connectivity index (χ0v) is 18.8. The highest BCUT2D eigenvalue weighted by atomic mass is 32.2. The molecule has 4 heterocycles. The summed E-state index contributed by atoms with van der Waals surface area (Å²) >= 11 is 0. The third-order valence-electron chi connectivity index (χ3n) is 6.81. The van der Waals surface area contributed by atoms with Crippen molar-refractivity contribution < 1.29 is 27.5 Å². The number of fused-ring (bicyclic) bond motifs is 1. The lowest BCUT2D eigenvalue weighted by atomic mass is 10.00. The zero-order chi connectivity index (χ0) is 22.7. The predicted octanol–water partition coefficient (Wildman–Crippen LogP) is 1.40. The van der Waals surface area contributed by atoms with E-state index in [2.05, 4.69) is 0 Å². The van der Waals surface area contributed by atoms with E-state index in [0.29, 0.717) is 56.0 Å². The number of hydrogen-bond donors (Lipinski definition) is 0. The minimum atomic E-state index is -3.69. The van der Waals surface area contributed by atoms with Gasteiger partial charge in [-0.2, -0.15) is 4.31 Å². The number of aryl methyl sites for hydroxylation is 1. The Morgan fingerprint density at radius 1 is 0.848 bits per heavy atom. The lowest BCUT2D eigenvalue weighted by Gasteiger charge is -2.34. The number of nitrogens with zero attached hydrogens (tertiary/aromatic N) is 3. The second kappa shape index (κ2) is 7.46. The number of hydrogen-bond acceptors (Lipinski definition) is 6. The molecule has 1 fully saturated rings. The summed E-state index contributed by atoms with van der Waals surface area (Å²) in [5.41, 5.74) is 3.26. The lowest BCUT2D eigenvalue weighted by Crippen LogP contribution is -2.50. The van der Waals surface area contributed by atoms with Gasteiger partial charge in [-0.05, 0) is 54.3 Å². The smallest absolute Gasteiger partial charge is 0.254 e. The normalized spacial score (nSPS) is 19.7. The summed E-state index contributed by atoms with van der Waals surface area (Å²) in [7, 11) is -3.69. The van der Waals surface area contributed by atoms with Crippen molar-refractivity contribution in [1.82, 2.24) is 9.21 Å². The van der Waals surface area contributed by atoms with Gasteiger partial charge >= 0.3 is 0 Å². The van der Waals surface area contributed by atoms with Crippen LogP contribution in [0.4, 0.5) is 5.69 Å². The Morgan fingerprint density at radius 3 is 2.36 bits per heavy atom.